The molecule has 2 unspecified atom stereocenters. The van der Waals surface area contributed by atoms with Crippen LogP contribution in [0.2, 0.25) is 0 Å². The van der Waals surface area contributed by atoms with E-state index >= 15 is 0 Å². The molecule has 2 atom stereocenters. The number of hydrogen-bond donors (Lipinski definition) is 5. The van der Waals surface area contributed by atoms with E-state index in [9.17, 15) is 45.5 Å². The fraction of sp³-hybridized carbons (Fsp3) is 0.273. The molecule has 0 fully saturated rings. The largest absolute Gasteiger partial charge is 0.481 e. The van der Waals surface area contributed by atoms with Crippen LogP contribution in [0.3, 0.4) is 0 Å². The van der Waals surface area contributed by atoms with Gasteiger partial charge >= 0.3 is 18.1 Å². The molecule has 1 amide bonds. The van der Waals surface area contributed by atoms with Crippen molar-refractivity contribution in [2.45, 2.75) is 36.1 Å². The van der Waals surface area contributed by atoms with Crippen LogP contribution >= 0.6 is 0 Å². The molecule has 5 N–H and O–H groups in total. The first-order valence-corrected chi connectivity index (χ1v) is 11.7. The first-order valence-electron chi connectivity index (χ1n) is 10.1. The molecule has 11 nitrogen and oxygen atoms in total. The van der Waals surface area contributed by atoms with E-state index in [0.717, 1.165) is 43.3 Å². The van der Waals surface area contributed by atoms with E-state index in [4.69, 9.17) is 20.6 Å². The number of nitrogens with one attached hydrogen (secondary N) is 1. The number of nitriles is 1. The lowest BCUT2D eigenvalue weighted by molar-refractivity contribution is -0.152. The molecule has 0 heterocycles. The van der Waals surface area contributed by atoms with Crippen molar-refractivity contribution in [1.82, 2.24) is 0 Å². The minimum Gasteiger partial charge on any atom is -0.481 e. The van der Waals surface area contributed by atoms with E-state index < -0.39 is 74.7 Å². The van der Waals surface area contributed by atoms with E-state index in [1.807, 2.05) is 5.32 Å². The third-order valence-corrected chi connectivity index (χ3v) is 6.42. The highest BCUT2D eigenvalue weighted by molar-refractivity contribution is 7.91. The molecule has 0 bridgehead atoms. The molecule has 0 aliphatic carbocycles. The van der Waals surface area contributed by atoms with Crippen LogP contribution in [0.5, 0.6) is 0 Å². The standard InChI is InChI=1S/C18H14F4N2O4S.C4H6O5/c1-17(26,10-29(27,28)14-6-3-12(19)4-7-14)16(25)24-13-5-2-11(9-23)15(8-13)18(20,21)22;5-2(4(8)9)1-3(6)7/h2-8,26H,10H2,1H3,(H,24,25);2,5H,1H2,(H,6,7)(H,8,9). The van der Waals surface area contributed by atoms with Gasteiger partial charge in [0.15, 0.2) is 21.5 Å². The van der Waals surface area contributed by atoms with Gasteiger partial charge in [-0.05, 0) is 49.4 Å². The average Bonchev–Trinajstić information content (AvgIpc) is 2.78. The summed E-state index contributed by atoms with van der Waals surface area (Å²) in [4.78, 5) is 31.4. The van der Waals surface area contributed by atoms with Crippen LogP contribution in [0.1, 0.15) is 24.5 Å². The van der Waals surface area contributed by atoms with Gasteiger partial charge in [0.25, 0.3) is 5.91 Å². The summed E-state index contributed by atoms with van der Waals surface area (Å²) in [5.74, 6) is -5.90. The van der Waals surface area contributed by atoms with Gasteiger partial charge in [-0.1, -0.05) is 0 Å². The number of carbonyl (C=O) groups excluding carboxylic acids is 1. The minimum atomic E-state index is -4.86. The Labute approximate surface area is 212 Å². The molecule has 0 saturated carbocycles. The number of alkyl halides is 3. The molecule has 16 heteroatoms. The number of carboxylic acids is 2. The van der Waals surface area contributed by atoms with Gasteiger partial charge in [0.2, 0.25) is 0 Å². The molecular formula is C22H20F4N2O9S. The molecule has 2 aromatic rings. The number of nitrogens with zero attached hydrogens (tertiary/aromatic N) is 1. The summed E-state index contributed by atoms with van der Waals surface area (Å²) in [6, 6.07) is 7.40. The summed E-state index contributed by atoms with van der Waals surface area (Å²) in [6.07, 6.45) is -7.40. The molecule has 0 spiro atoms. The van der Waals surface area contributed by atoms with Gasteiger partial charge in [-0.3, -0.25) is 9.59 Å². The SMILES string of the molecule is CC(O)(CS(=O)(=O)c1ccc(F)cc1)C(=O)Nc1ccc(C#N)c(C(F)(F)F)c1.O=C(O)CC(O)C(=O)O. The van der Waals surface area contributed by atoms with Crippen LogP contribution < -0.4 is 5.32 Å². The molecule has 206 valence electrons. The fourth-order valence-corrected chi connectivity index (χ4v) is 4.22. The number of rotatable bonds is 8. The van der Waals surface area contributed by atoms with E-state index in [1.165, 1.54) is 6.07 Å². The first kappa shape index (κ1) is 32.0. The fourth-order valence-electron chi connectivity index (χ4n) is 2.63. The zero-order valence-corrected chi connectivity index (χ0v) is 20.0. The number of hydrogen-bond acceptors (Lipinski definition) is 8. The Hall–Kier alpha value is -4.07. The van der Waals surface area contributed by atoms with E-state index in [-0.39, 0.29) is 10.6 Å². The van der Waals surface area contributed by atoms with Gasteiger partial charge in [-0.2, -0.15) is 18.4 Å². The molecule has 0 saturated heterocycles. The lowest BCUT2D eigenvalue weighted by atomic mass is 10.1. The Bertz CT molecular complexity index is 1340. The summed E-state index contributed by atoms with van der Waals surface area (Å²) in [6.45, 7) is 0.873. The van der Waals surface area contributed by atoms with Crippen LogP contribution in [0.15, 0.2) is 47.4 Å². The van der Waals surface area contributed by atoms with Crippen molar-refractivity contribution in [3.63, 3.8) is 0 Å². The van der Waals surface area contributed by atoms with E-state index in [1.54, 1.807) is 0 Å². The van der Waals surface area contributed by atoms with E-state index in [2.05, 4.69) is 0 Å². The number of benzene rings is 2. The molecular weight excluding hydrogens is 544 g/mol. The normalized spacial score (nSPS) is 13.6. The van der Waals surface area contributed by atoms with Crippen LogP contribution in [0.25, 0.3) is 0 Å². The highest BCUT2D eigenvalue weighted by Crippen LogP contribution is 2.33. The summed E-state index contributed by atoms with van der Waals surface area (Å²) in [5, 5.41) is 45.2. The zero-order chi connectivity index (χ0) is 29.5. The van der Waals surface area contributed by atoms with Crippen molar-refractivity contribution >= 4 is 33.4 Å². The Morgan fingerprint density at radius 3 is 2.05 bits per heavy atom. The number of sulfone groups is 1. The summed E-state index contributed by atoms with van der Waals surface area (Å²) < 4.78 is 76.6. The summed E-state index contributed by atoms with van der Waals surface area (Å²) >= 11 is 0. The monoisotopic (exact) mass is 564 g/mol. The number of aliphatic hydroxyl groups is 2. The van der Waals surface area contributed by atoms with Gasteiger partial charge in [-0.25, -0.2) is 17.6 Å². The molecule has 0 aliphatic rings. The topological polar surface area (TPSA) is 202 Å². The van der Waals surface area contributed by atoms with Gasteiger partial charge in [0.05, 0.1) is 34.3 Å². The molecule has 0 aromatic heterocycles. The summed E-state index contributed by atoms with van der Waals surface area (Å²) in [5.41, 5.74) is -4.86. The Morgan fingerprint density at radius 2 is 1.63 bits per heavy atom. The van der Waals surface area contributed by atoms with Gasteiger partial charge in [0, 0.05) is 5.69 Å². The van der Waals surface area contributed by atoms with Crippen LogP contribution in [0.4, 0.5) is 23.2 Å². The predicted octanol–water partition coefficient (Wildman–Crippen LogP) is 1.79. The number of halogens is 4. The number of aliphatic carboxylic acids is 2. The first-order chi connectivity index (χ1) is 17.3. The molecule has 0 radical (unpaired) electrons. The molecule has 2 rings (SSSR count). The lowest BCUT2D eigenvalue weighted by Crippen LogP contribution is -2.45. The minimum absolute atomic E-state index is 0.343. The second kappa shape index (κ2) is 12.4. The summed E-state index contributed by atoms with van der Waals surface area (Å²) in [7, 11) is -4.21. The van der Waals surface area contributed by atoms with Crippen molar-refractivity contribution in [3.8, 4) is 6.07 Å². The highest BCUT2D eigenvalue weighted by atomic mass is 32.2. The van der Waals surface area contributed by atoms with Gasteiger partial charge in [0.1, 0.15) is 5.82 Å². The van der Waals surface area contributed by atoms with Gasteiger partial charge in [-0.15, -0.1) is 0 Å². The maximum absolute atomic E-state index is 13.0. The predicted molar refractivity (Wildman–Crippen MR) is 120 cm³/mol. The third-order valence-electron chi connectivity index (χ3n) is 4.49. The quantitative estimate of drug-likeness (QED) is 0.232. The maximum atomic E-state index is 13.0. The van der Waals surface area contributed by atoms with Crippen molar-refractivity contribution in [2.24, 2.45) is 0 Å². The second-order valence-corrected chi connectivity index (χ2v) is 9.75. The van der Waals surface area contributed by atoms with Gasteiger partial charge < -0.3 is 25.7 Å². The van der Waals surface area contributed by atoms with Crippen molar-refractivity contribution in [1.29, 1.82) is 5.26 Å². The zero-order valence-electron chi connectivity index (χ0n) is 19.2. The Morgan fingerprint density at radius 1 is 1.08 bits per heavy atom. The van der Waals surface area contributed by atoms with Crippen LogP contribution in [-0.4, -0.2) is 64.1 Å². The van der Waals surface area contributed by atoms with Crippen molar-refractivity contribution < 1.29 is 60.8 Å². The number of aliphatic hydroxyl groups excluding tert-OH is 1. The average molecular weight is 564 g/mol. The smallest absolute Gasteiger partial charge is 0.417 e. The van der Waals surface area contributed by atoms with Crippen LogP contribution in [0, 0.1) is 17.1 Å². The Kier molecular flexibility index (Phi) is 10.5. The number of anilines is 1. The maximum Gasteiger partial charge on any atom is 0.417 e. The second-order valence-electron chi connectivity index (χ2n) is 7.76. The molecule has 38 heavy (non-hydrogen) atoms. The van der Waals surface area contributed by atoms with Crippen molar-refractivity contribution in [3.05, 3.63) is 59.4 Å². The number of carbonyl (C=O) groups is 3. The lowest BCUT2D eigenvalue weighted by Gasteiger charge is -2.22. The number of carboxylic acid groups (broad SMARTS) is 2. The Balaban J connectivity index is 0.000000686. The number of amides is 1. The van der Waals surface area contributed by atoms with E-state index in [0.29, 0.717) is 6.07 Å². The molecule has 0 aliphatic heterocycles. The highest BCUT2D eigenvalue weighted by Gasteiger charge is 2.38. The third kappa shape index (κ3) is 9.42. The molecule has 2 aromatic carbocycles. The van der Waals surface area contributed by atoms with Crippen molar-refractivity contribution in [2.75, 3.05) is 11.1 Å². The van der Waals surface area contributed by atoms with Crippen LogP contribution in [-0.2, 0) is 30.4 Å².